The van der Waals surface area contributed by atoms with Crippen LogP contribution in [0.2, 0.25) is 0 Å². The Morgan fingerprint density at radius 1 is 1.55 bits per heavy atom. The van der Waals surface area contributed by atoms with E-state index in [-0.39, 0.29) is 6.10 Å². The molecule has 0 aromatic heterocycles. The van der Waals surface area contributed by atoms with Crippen LogP contribution in [0.1, 0.15) is 39.0 Å². The summed E-state index contributed by atoms with van der Waals surface area (Å²) in [5, 5.41) is 9.45. The standard InChI is InChI=1S/C9H17O2/c1-3-9(2,10)11-8-6-4-5-7-8/h8,10H,2-7H2,1H3. The molecule has 1 aliphatic rings. The number of hydrogen-bond donors (Lipinski definition) is 1. The minimum atomic E-state index is -1.14. The second kappa shape index (κ2) is 3.55. The van der Waals surface area contributed by atoms with Crippen molar-refractivity contribution >= 4 is 0 Å². The maximum Gasteiger partial charge on any atom is 0.165 e. The molecule has 1 unspecified atom stereocenters. The van der Waals surface area contributed by atoms with Crippen molar-refractivity contribution in [2.45, 2.75) is 50.9 Å². The van der Waals surface area contributed by atoms with Crippen molar-refractivity contribution in [1.82, 2.24) is 0 Å². The Morgan fingerprint density at radius 2 is 2.09 bits per heavy atom. The van der Waals surface area contributed by atoms with Crippen LogP contribution in [0.15, 0.2) is 0 Å². The van der Waals surface area contributed by atoms with Gasteiger partial charge in [-0.15, -0.1) is 0 Å². The summed E-state index contributed by atoms with van der Waals surface area (Å²) in [5.74, 6) is -1.14. The van der Waals surface area contributed by atoms with Gasteiger partial charge in [0.1, 0.15) is 0 Å². The molecule has 0 heterocycles. The van der Waals surface area contributed by atoms with E-state index in [1.807, 2.05) is 6.92 Å². The van der Waals surface area contributed by atoms with Crippen LogP contribution in [0.4, 0.5) is 0 Å². The molecule has 1 N–H and O–H groups in total. The SMILES string of the molecule is [CH2]C(O)(CC)OC1CCCC1. The minimum Gasteiger partial charge on any atom is -0.365 e. The van der Waals surface area contributed by atoms with Gasteiger partial charge in [0.25, 0.3) is 0 Å². The Morgan fingerprint density at radius 3 is 2.55 bits per heavy atom. The quantitative estimate of drug-likeness (QED) is 0.634. The number of hydrogen-bond acceptors (Lipinski definition) is 2. The summed E-state index contributed by atoms with van der Waals surface area (Å²) in [4.78, 5) is 0. The van der Waals surface area contributed by atoms with Gasteiger partial charge in [0.15, 0.2) is 5.79 Å². The zero-order chi connectivity index (χ0) is 8.32. The van der Waals surface area contributed by atoms with Crippen LogP contribution in [0, 0.1) is 6.92 Å². The number of ether oxygens (including phenoxy) is 1. The highest BCUT2D eigenvalue weighted by Crippen LogP contribution is 2.25. The molecule has 0 aromatic rings. The second-order valence-corrected chi connectivity index (χ2v) is 3.32. The third-order valence-electron chi connectivity index (χ3n) is 2.24. The molecule has 1 radical (unpaired) electrons. The van der Waals surface area contributed by atoms with Crippen LogP contribution >= 0.6 is 0 Å². The predicted molar refractivity (Wildman–Crippen MR) is 43.9 cm³/mol. The van der Waals surface area contributed by atoms with Gasteiger partial charge in [-0.1, -0.05) is 19.8 Å². The van der Waals surface area contributed by atoms with Crippen molar-refractivity contribution in [3.05, 3.63) is 6.92 Å². The Labute approximate surface area is 68.6 Å². The van der Waals surface area contributed by atoms with Gasteiger partial charge in [0.2, 0.25) is 0 Å². The van der Waals surface area contributed by atoms with Crippen molar-refractivity contribution in [2.24, 2.45) is 0 Å². The Hall–Kier alpha value is -0.0800. The highest BCUT2D eigenvalue weighted by Gasteiger charge is 2.25. The zero-order valence-corrected chi connectivity index (χ0v) is 7.18. The molecule has 1 rings (SSSR count). The lowest BCUT2D eigenvalue weighted by atomic mass is 10.2. The van der Waals surface area contributed by atoms with E-state index in [4.69, 9.17) is 4.74 Å². The van der Waals surface area contributed by atoms with E-state index in [0.717, 1.165) is 12.8 Å². The van der Waals surface area contributed by atoms with Crippen molar-refractivity contribution in [3.63, 3.8) is 0 Å². The summed E-state index contributed by atoms with van der Waals surface area (Å²) in [5.41, 5.74) is 0. The fourth-order valence-electron chi connectivity index (χ4n) is 1.40. The van der Waals surface area contributed by atoms with Crippen LogP contribution in [0.5, 0.6) is 0 Å². The van der Waals surface area contributed by atoms with Crippen LogP contribution in [0.3, 0.4) is 0 Å². The highest BCUT2D eigenvalue weighted by molar-refractivity contribution is 4.74. The van der Waals surface area contributed by atoms with E-state index in [1.54, 1.807) is 0 Å². The third-order valence-corrected chi connectivity index (χ3v) is 2.24. The molecule has 1 fully saturated rings. The maximum absolute atomic E-state index is 9.45. The molecule has 0 spiro atoms. The summed E-state index contributed by atoms with van der Waals surface area (Å²) in [6.07, 6.45) is 5.42. The van der Waals surface area contributed by atoms with Gasteiger partial charge in [-0.3, -0.25) is 0 Å². The first-order chi connectivity index (χ1) is 5.14. The minimum absolute atomic E-state index is 0.248. The molecule has 0 aromatic carbocycles. The molecule has 0 saturated heterocycles. The van der Waals surface area contributed by atoms with Gasteiger partial charge in [0, 0.05) is 6.92 Å². The Kier molecular flexibility index (Phi) is 2.90. The van der Waals surface area contributed by atoms with E-state index in [0.29, 0.717) is 6.42 Å². The first-order valence-electron chi connectivity index (χ1n) is 4.39. The lowest BCUT2D eigenvalue weighted by molar-refractivity contribution is -0.198. The van der Waals surface area contributed by atoms with Crippen LogP contribution in [-0.2, 0) is 4.74 Å². The van der Waals surface area contributed by atoms with Gasteiger partial charge < -0.3 is 9.84 Å². The smallest absolute Gasteiger partial charge is 0.165 e. The molecule has 0 aliphatic heterocycles. The monoisotopic (exact) mass is 157 g/mol. The number of aliphatic hydroxyl groups is 1. The second-order valence-electron chi connectivity index (χ2n) is 3.32. The van der Waals surface area contributed by atoms with Crippen molar-refractivity contribution < 1.29 is 9.84 Å². The van der Waals surface area contributed by atoms with E-state index >= 15 is 0 Å². The van der Waals surface area contributed by atoms with Crippen LogP contribution in [0.25, 0.3) is 0 Å². The molecular weight excluding hydrogens is 140 g/mol. The first-order valence-corrected chi connectivity index (χ1v) is 4.39. The molecule has 11 heavy (non-hydrogen) atoms. The first kappa shape index (κ1) is 9.01. The van der Waals surface area contributed by atoms with E-state index in [9.17, 15) is 5.11 Å². The highest BCUT2D eigenvalue weighted by atomic mass is 16.6. The lowest BCUT2D eigenvalue weighted by Gasteiger charge is -2.25. The van der Waals surface area contributed by atoms with Gasteiger partial charge in [-0.05, 0) is 19.3 Å². The average molecular weight is 157 g/mol. The van der Waals surface area contributed by atoms with E-state index < -0.39 is 5.79 Å². The summed E-state index contributed by atoms with van der Waals surface area (Å²) in [6, 6.07) is 0. The summed E-state index contributed by atoms with van der Waals surface area (Å²) in [6.45, 7) is 5.46. The fourth-order valence-corrected chi connectivity index (χ4v) is 1.40. The van der Waals surface area contributed by atoms with Crippen LogP contribution < -0.4 is 0 Å². The van der Waals surface area contributed by atoms with E-state index in [2.05, 4.69) is 6.92 Å². The molecule has 1 saturated carbocycles. The largest absolute Gasteiger partial charge is 0.365 e. The van der Waals surface area contributed by atoms with Crippen molar-refractivity contribution in [3.8, 4) is 0 Å². The van der Waals surface area contributed by atoms with Crippen molar-refractivity contribution in [2.75, 3.05) is 0 Å². The normalized spacial score (nSPS) is 25.4. The average Bonchev–Trinajstić information content (AvgIpc) is 2.39. The summed E-state index contributed by atoms with van der Waals surface area (Å²) < 4.78 is 5.39. The van der Waals surface area contributed by atoms with Crippen molar-refractivity contribution in [1.29, 1.82) is 0 Å². The van der Waals surface area contributed by atoms with Crippen LogP contribution in [-0.4, -0.2) is 17.0 Å². The molecular formula is C9H17O2. The predicted octanol–water partition coefficient (Wildman–Crippen LogP) is 1.88. The Balaban J connectivity index is 2.28. The third kappa shape index (κ3) is 2.80. The molecule has 2 heteroatoms. The molecule has 0 amide bonds. The zero-order valence-electron chi connectivity index (χ0n) is 7.18. The van der Waals surface area contributed by atoms with Gasteiger partial charge in [-0.2, -0.15) is 0 Å². The Bertz CT molecular complexity index is 115. The summed E-state index contributed by atoms with van der Waals surface area (Å²) >= 11 is 0. The molecule has 65 valence electrons. The van der Waals surface area contributed by atoms with Gasteiger partial charge in [-0.25, -0.2) is 0 Å². The van der Waals surface area contributed by atoms with Gasteiger partial charge >= 0.3 is 0 Å². The maximum atomic E-state index is 9.45. The molecule has 0 bridgehead atoms. The fraction of sp³-hybridized carbons (Fsp3) is 0.889. The van der Waals surface area contributed by atoms with E-state index in [1.165, 1.54) is 12.8 Å². The molecule has 2 nitrogen and oxygen atoms in total. The topological polar surface area (TPSA) is 29.5 Å². The summed E-state index contributed by atoms with van der Waals surface area (Å²) in [7, 11) is 0. The number of rotatable bonds is 3. The molecule has 1 atom stereocenters. The molecule has 1 aliphatic carbocycles. The lowest BCUT2D eigenvalue weighted by Crippen LogP contribution is -2.31. The van der Waals surface area contributed by atoms with Gasteiger partial charge in [0.05, 0.1) is 6.10 Å².